The van der Waals surface area contributed by atoms with Gasteiger partial charge in [0.05, 0.1) is 11.3 Å². The van der Waals surface area contributed by atoms with Crippen LogP contribution in [-0.2, 0) is 27.4 Å². The van der Waals surface area contributed by atoms with Gasteiger partial charge in [0, 0.05) is 25.3 Å². The lowest BCUT2D eigenvalue weighted by Gasteiger charge is -2.22. The fourth-order valence-electron chi connectivity index (χ4n) is 4.21. The number of carboxylic acid groups (broad SMARTS) is 1. The Kier molecular flexibility index (Phi) is 8.14. The minimum Gasteiger partial charge on any atom is -0.484 e. The maximum atomic E-state index is 12.2. The minimum absolute atomic E-state index is 0.0124. The van der Waals surface area contributed by atoms with Gasteiger partial charge in [-0.15, -0.1) is 0 Å². The molecule has 1 saturated heterocycles. The Morgan fingerprint density at radius 3 is 2.79 bits per heavy atom. The second kappa shape index (κ2) is 11.7. The average Bonchev–Trinajstić information content (AvgIpc) is 2.87. The van der Waals surface area contributed by atoms with E-state index in [0.29, 0.717) is 18.2 Å². The van der Waals surface area contributed by atoms with Gasteiger partial charge in [0.15, 0.2) is 6.61 Å². The van der Waals surface area contributed by atoms with Crippen LogP contribution in [0.15, 0.2) is 47.6 Å². The first-order valence-corrected chi connectivity index (χ1v) is 11.7. The zero-order chi connectivity index (χ0) is 23.8. The summed E-state index contributed by atoms with van der Waals surface area (Å²) in [6.07, 6.45) is 4.61. The molecule has 2 aromatic carbocycles. The third-order valence-corrected chi connectivity index (χ3v) is 6.13. The lowest BCUT2D eigenvalue weighted by atomic mass is 9.90. The number of ether oxygens (including phenoxy) is 2. The van der Waals surface area contributed by atoms with Gasteiger partial charge < -0.3 is 24.7 Å². The molecule has 0 aromatic heterocycles. The van der Waals surface area contributed by atoms with Gasteiger partial charge in [-0.3, -0.25) is 4.79 Å². The van der Waals surface area contributed by atoms with Crippen molar-refractivity contribution in [2.75, 3.05) is 26.4 Å². The van der Waals surface area contributed by atoms with Crippen LogP contribution in [0.25, 0.3) is 0 Å². The molecule has 8 heteroatoms. The number of carboxylic acids is 1. The van der Waals surface area contributed by atoms with Crippen LogP contribution in [0.5, 0.6) is 5.75 Å². The van der Waals surface area contributed by atoms with Crippen molar-refractivity contribution in [3.63, 3.8) is 0 Å². The summed E-state index contributed by atoms with van der Waals surface area (Å²) in [5, 5.41) is 16.4. The Labute approximate surface area is 198 Å². The van der Waals surface area contributed by atoms with E-state index in [1.165, 1.54) is 0 Å². The van der Waals surface area contributed by atoms with E-state index in [1.807, 2.05) is 24.3 Å². The summed E-state index contributed by atoms with van der Waals surface area (Å²) < 4.78 is 11.1. The maximum absolute atomic E-state index is 12.2. The van der Waals surface area contributed by atoms with E-state index in [1.54, 1.807) is 18.2 Å². The number of aryl methyl sites for hydroxylation is 1. The van der Waals surface area contributed by atoms with Crippen LogP contribution in [0, 0.1) is 5.92 Å². The first-order chi connectivity index (χ1) is 16.6. The van der Waals surface area contributed by atoms with E-state index in [2.05, 4.69) is 10.5 Å². The van der Waals surface area contributed by atoms with Crippen molar-refractivity contribution >= 4 is 17.6 Å². The molecule has 180 valence electrons. The summed E-state index contributed by atoms with van der Waals surface area (Å²) in [5.41, 5.74) is 3.96. The molecule has 0 saturated carbocycles. The van der Waals surface area contributed by atoms with Crippen molar-refractivity contribution in [3.05, 3.63) is 64.7 Å². The van der Waals surface area contributed by atoms with E-state index >= 15 is 0 Å². The van der Waals surface area contributed by atoms with Crippen molar-refractivity contribution in [2.45, 2.75) is 38.7 Å². The van der Waals surface area contributed by atoms with Crippen molar-refractivity contribution in [3.8, 4) is 5.75 Å². The van der Waals surface area contributed by atoms with Gasteiger partial charge in [-0.2, -0.15) is 0 Å². The van der Waals surface area contributed by atoms with Crippen molar-refractivity contribution in [1.82, 2.24) is 5.32 Å². The number of fused-ring (bicyclic) bond motifs is 1. The van der Waals surface area contributed by atoms with Crippen molar-refractivity contribution < 1.29 is 29.0 Å². The van der Waals surface area contributed by atoms with E-state index in [0.717, 1.165) is 67.7 Å². The molecule has 1 fully saturated rings. The van der Waals surface area contributed by atoms with Gasteiger partial charge in [-0.25, -0.2) is 4.79 Å². The molecule has 1 aliphatic heterocycles. The van der Waals surface area contributed by atoms with Crippen LogP contribution in [0.1, 0.15) is 52.7 Å². The van der Waals surface area contributed by atoms with Crippen LogP contribution in [0.4, 0.5) is 0 Å². The monoisotopic (exact) mass is 466 g/mol. The van der Waals surface area contributed by atoms with E-state index < -0.39 is 5.97 Å². The number of benzene rings is 2. The molecule has 2 N–H and O–H groups in total. The number of oxime groups is 1. The molecule has 0 spiro atoms. The highest BCUT2D eigenvalue weighted by Gasteiger charge is 2.18. The Morgan fingerprint density at radius 1 is 1.12 bits per heavy atom. The molecule has 2 aliphatic rings. The number of carbonyl (C=O) groups is 2. The van der Waals surface area contributed by atoms with Crippen molar-refractivity contribution in [1.29, 1.82) is 0 Å². The summed E-state index contributed by atoms with van der Waals surface area (Å²) in [6.45, 7) is 2.38. The third-order valence-electron chi connectivity index (χ3n) is 6.13. The summed E-state index contributed by atoms with van der Waals surface area (Å²) in [5.74, 6) is 0.0473. The zero-order valence-electron chi connectivity index (χ0n) is 19.1. The van der Waals surface area contributed by atoms with Crippen LogP contribution >= 0.6 is 0 Å². The van der Waals surface area contributed by atoms with Gasteiger partial charge in [0.2, 0.25) is 0 Å². The molecule has 1 aliphatic carbocycles. The van der Waals surface area contributed by atoms with E-state index in [9.17, 15) is 9.59 Å². The third kappa shape index (κ3) is 6.57. The Morgan fingerprint density at radius 2 is 1.97 bits per heavy atom. The van der Waals surface area contributed by atoms with Crippen LogP contribution in [0.2, 0.25) is 0 Å². The van der Waals surface area contributed by atoms with Crippen molar-refractivity contribution in [2.24, 2.45) is 11.1 Å². The summed E-state index contributed by atoms with van der Waals surface area (Å²) in [7, 11) is 0. The molecule has 0 unspecified atom stereocenters. The normalized spacial score (nSPS) is 17.1. The number of rotatable bonds is 9. The topological polar surface area (TPSA) is 106 Å². The fourth-order valence-corrected chi connectivity index (χ4v) is 4.21. The number of nitrogens with zero attached hydrogens (tertiary/aromatic N) is 1. The highest BCUT2D eigenvalue weighted by atomic mass is 16.6. The lowest BCUT2D eigenvalue weighted by Crippen LogP contribution is -2.35. The molecular weight excluding hydrogens is 436 g/mol. The van der Waals surface area contributed by atoms with E-state index in [4.69, 9.17) is 19.4 Å². The molecule has 2 aromatic rings. The fraction of sp³-hybridized carbons (Fsp3) is 0.423. The molecule has 34 heavy (non-hydrogen) atoms. The molecule has 1 heterocycles. The smallest absolute Gasteiger partial charge is 0.335 e. The van der Waals surface area contributed by atoms with Crippen LogP contribution < -0.4 is 10.1 Å². The second-order valence-corrected chi connectivity index (χ2v) is 8.64. The number of hydrogen-bond donors (Lipinski definition) is 2. The zero-order valence-corrected chi connectivity index (χ0v) is 19.1. The maximum Gasteiger partial charge on any atom is 0.335 e. The largest absolute Gasteiger partial charge is 0.484 e. The number of hydrogen-bond acceptors (Lipinski definition) is 6. The Hall–Kier alpha value is -3.39. The van der Waals surface area contributed by atoms with E-state index in [-0.39, 0.29) is 24.7 Å². The first kappa shape index (κ1) is 23.8. The summed E-state index contributed by atoms with van der Waals surface area (Å²) in [6, 6.07) is 12.4. The standard InChI is InChI=1S/C26H30N2O6/c29-25(27-15-18-9-11-32-12-10-18)17-33-22-7-8-23-20(14-22)4-2-6-24(23)28-34-16-19-3-1-5-21(13-19)26(30)31/h1,3,5,7-8,13-14,18H,2,4,6,9-12,15-17H2,(H,27,29)(H,30,31)/b28-24-. The molecule has 0 radical (unpaired) electrons. The predicted molar refractivity (Wildman–Crippen MR) is 126 cm³/mol. The van der Waals surface area contributed by atoms with Gasteiger partial charge in [-0.05, 0) is 79.5 Å². The number of aromatic carboxylic acids is 1. The summed E-state index contributed by atoms with van der Waals surface area (Å²) in [4.78, 5) is 28.8. The number of amides is 1. The number of nitrogens with one attached hydrogen (secondary N) is 1. The molecule has 4 rings (SSSR count). The molecule has 0 bridgehead atoms. The lowest BCUT2D eigenvalue weighted by molar-refractivity contribution is -0.123. The second-order valence-electron chi connectivity index (χ2n) is 8.64. The first-order valence-electron chi connectivity index (χ1n) is 11.7. The predicted octanol–water partition coefficient (Wildman–Crippen LogP) is 3.56. The Bertz CT molecular complexity index is 1050. The summed E-state index contributed by atoms with van der Waals surface area (Å²) >= 11 is 0. The quantitative estimate of drug-likeness (QED) is 0.548. The van der Waals surface area contributed by atoms with Gasteiger partial charge in [0.1, 0.15) is 12.4 Å². The van der Waals surface area contributed by atoms with Crippen LogP contribution in [-0.4, -0.2) is 49.1 Å². The molecular formula is C26H30N2O6. The SMILES string of the molecule is O=C(COc1ccc2c(c1)CCC/C2=N/OCc1cccc(C(=O)O)c1)NCC1CCOCC1. The highest BCUT2D eigenvalue weighted by Crippen LogP contribution is 2.26. The Balaban J connectivity index is 1.29. The average molecular weight is 467 g/mol. The van der Waals surface area contributed by atoms with Gasteiger partial charge >= 0.3 is 5.97 Å². The number of carbonyl (C=O) groups excluding carboxylic acids is 1. The molecule has 1 amide bonds. The minimum atomic E-state index is -0.968. The van der Waals surface area contributed by atoms with Gasteiger partial charge in [-0.1, -0.05) is 17.3 Å². The van der Waals surface area contributed by atoms with Gasteiger partial charge in [0.25, 0.3) is 5.91 Å². The molecule has 0 atom stereocenters. The molecule has 8 nitrogen and oxygen atoms in total. The van der Waals surface area contributed by atoms with Crippen LogP contribution in [0.3, 0.4) is 0 Å². The highest BCUT2D eigenvalue weighted by molar-refractivity contribution is 6.02.